The van der Waals surface area contributed by atoms with Gasteiger partial charge >= 0.3 is 0 Å². The topological polar surface area (TPSA) is 144 Å². The first-order chi connectivity index (χ1) is 11.4. The number of hydrogen-bond acceptors (Lipinski definition) is 6. The Morgan fingerprint density at radius 3 is 2.50 bits per heavy atom. The van der Waals surface area contributed by atoms with Crippen molar-refractivity contribution >= 4 is 34.2 Å². The summed E-state index contributed by atoms with van der Waals surface area (Å²) in [4.78, 5) is 47.7. The van der Waals surface area contributed by atoms with E-state index in [0.29, 0.717) is 10.3 Å². The number of carbonyl (C=O) groups is 3. The van der Waals surface area contributed by atoms with E-state index in [1.54, 1.807) is 6.07 Å². The van der Waals surface area contributed by atoms with E-state index in [9.17, 15) is 29.6 Å². The summed E-state index contributed by atoms with van der Waals surface area (Å²) in [5.74, 6) is -2.75. The zero-order chi connectivity index (χ0) is 17.6. The second kappa shape index (κ2) is 5.39. The first-order valence-corrected chi connectivity index (χ1v) is 6.86. The lowest BCUT2D eigenvalue weighted by Crippen LogP contribution is -2.54. The molecule has 0 aliphatic carbocycles. The third-order valence-corrected chi connectivity index (χ3v) is 3.88. The number of aliphatic hydroxyl groups excluding tert-OH is 1. The summed E-state index contributed by atoms with van der Waals surface area (Å²) in [6.07, 6.45) is 0. The minimum Gasteiger partial charge on any atom is -0.394 e. The van der Waals surface area contributed by atoms with Crippen molar-refractivity contribution in [3.05, 3.63) is 51.6 Å². The van der Waals surface area contributed by atoms with E-state index in [0.717, 1.165) is 6.07 Å². The SMILES string of the molecule is NC(=O)[C@H](CO)N1C(=O)c2cccc3cc([N+](=O)[O-])cc(c23)C1=O. The van der Waals surface area contributed by atoms with Crippen molar-refractivity contribution in [2.75, 3.05) is 6.61 Å². The van der Waals surface area contributed by atoms with Crippen molar-refractivity contribution in [1.29, 1.82) is 0 Å². The maximum Gasteiger partial charge on any atom is 0.270 e. The van der Waals surface area contributed by atoms with Gasteiger partial charge in [0.1, 0.15) is 6.04 Å². The first kappa shape index (κ1) is 15.6. The molecule has 0 fully saturated rings. The summed E-state index contributed by atoms with van der Waals surface area (Å²) in [5.41, 5.74) is 4.84. The summed E-state index contributed by atoms with van der Waals surface area (Å²) in [5, 5.41) is 21.0. The number of amides is 3. The maximum absolute atomic E-state index is 12.7. The van der Waals surface area contributed by atoms with E-state index in [-0.39, 0.29) is 22.2 Å². The van der Waals surface area contributed by atoms with Crippen LogP contribution in [0.4, 0.5) is 5.69 Å². The summed E-state index contributed by atoms with van der Waals surface area (Å²) < 4.78 is 0. The van der Waals surface area contributed by atoms with Gasteiger partial charge < -0.3 is 10.8 Å². The zero-order valence-electron chi connectivity index (χ0n) is 12.1. The van der Waals surface area contributed by atoms with Gasteiger partial charge in [-0.1, -0.05) is 12.1 Å². The summed E-state index contributed by atoms with van der Waals surface area (Å²) in [6.45, 7) is -0.840. The monoisotopic (exact) mass is 329 g/mol. The fraction of sp³-hybridized carbons (Fsp3) is 0.133. The molecule has 1 atom stereocenters. The highest BCUT2D eigenvalue weighted by molar-refractivity contribution is 6.26. The zero-order valence-corrected chi connectivity index (χ0v) is 12.1. The Kier molecular flexibility index (Phi) is 3.49. The van der Waals surface area contributed by atoms with Gasteiger partial charge in [-0.2, -0.15) is 0 Å². The first-order valence-electron chi connectivity index (χ1n) is 6.86. The molecule has 0 bridgehead atoms. The van der Waals surface area contributed by atoms with E-state index in [1.807, 2.05) is 0 Å². The molecular formula is C15H11N3O6. The van der Waals surface area contributed by atoms with Crippen LogP contribution in [0.3, 0.4) is 0 Å². The number of benzene rings is 2. The Morgan fingerprint density at radius 1 is 1.25 bits per heavy atom. The molecule has 2 aromatic carbocycles. The van der Waals surface area contributed by atoms with Gasteiger partial charge in [0.05, 0.1) is 17.1 Å². The van der Waals surface area contributed by atoms with E-state index >= 15 is 0 Å². The van der Waals surface area contributed by atoms with Crippen LogP contribution in [0.15, 0.2) is 30.3 Å². The third-order valence-electron chi connectivity index (χ3n) is 3.88. The van der Waals surface area contributed by atoms with Gasteiger partial charge in [-0.05, 0) is 11.5 Å². The molecule has 3 rings (SSSR count). The average molecular weight is 329 g/mol. The molecule has 0 radical (unpaired) electrons. The number of primary amides is 1. The number of carbonyl (C=O) groups excluding carboxylic acids is 3. The number of nitro groups is 1. The molecule has 9 nitrogen and oxygen atoms in total. The second-order valence-electron chi connectivity index (χ2n) is 5.24. The number of aliphatic hydroxyl groups is 1. The summed E-state index contributed by atoms with van der Waals surface area (Å²) in [7, 11) is 0. The fourth-order valence-electron chi connectivity index (χ4n) is 2.80. The highest BCUT2D eigenvalue weighted by Gasteiger charge is 2.40. The number of nitrogens with zero attached hydrogens (tertiary/aromatic N) is 2. The molecular weight excluding hydrogens is 318 g/mol. The van der Waals surface area contributed by atoms with Crippen LogP contribution < -0.4 is 5.73 Å². The highest BCUT2D eigenvalue weighted by Crippen LogP contribution is 2.34. The van der Waals surface area contributed by atoms with E-state index in [1.165, 1.54) is 18.2 Å². The maximum atomic E-state index is 12.7. The molecule has 9 heteroatoms. The van der Waals surface area contributed by atoms with Crippen molar-refractivity contribution < 1.29 is 24.4 Å². The Balaban J connectivity index is 2.32. The van der Waals surface area contributed by atoms with Gasteiger partial charge in [0.25, 0.3) is 17.5 Å². The molecule has 1 aliphatic heterocycles. The molecule has 0 saturated carbocycles. The molecule has 0 saturated heterocycles. The molecule has 24 heavy (non-hydrogen) atoms. The van der Waals surface area contributed by atoms with Crippen molar-refractivity contribution in [1.82, 2.24) is 4.90 Å². The van der Waals surface area contributed by atoms with Crippen LogP contribution in [0.5, 0.6) is 0 Å². The van der Waals surface area contributed by atoms with Gasteiger partial charge in [-0.25, -0.2) is 0 Å². The van der Waals surface area contributed by atoms with Gasteiger partial charge in [-0.3, -0.25) is 29.4 Å². The molecule has 1 heterocycles. The predicted octanol–water partition coefficient (Wildman–Crippen LogP) is 0.190. The molecule has 0 aromatic heterocycles. The van der Waals surface area contributed by atoms with Crippen LogP contribution >= 0.6 is 0 Å². The van der Waals surface area contributed by atoms with E-state index < -0.39 is 35.3 Å². The van der Waals surface area contributed by atoms with Gasteiger partial charge in [0.15, 0.2) is 0 Å². The quantitative estimate of drug-likeness (QED) is 0.465. The van der Waals surface area contributed by atoms with E-state index in [4.69, 9.17) is 5.73 Å². The lowest BCUT2D eigenvalue weighted by Gasteiger charge is -2.31. The van der Waals surface area contributed by atoms with E-state index in [2.05, 4.69) is 0 Å². The molecule has 3 amide bonds. The van der Waals surface area contributed by atoms with Crippen LogP contribution in [0, 0.1) is 10.1 Å². The second-order valence-corrected chi connectivity index (χ2v) is 5.24. The number of rotatable bonds is 4. The van der Waals surface area contributed by atoms with Crippen molar-refractivity contribution in [3.8, 4) is 0 Å². The number of non-ortho nitro benzene ring substituents is 1. The van der Waals surface area contributed by atoms with Gasteiger partial charge in [0.2, 0.25) is 5.91 Å². The lowest BCUT2D eigenvalue weighted by molar-refractivity contribution is -0.384. The Labute approximate surface area is 134 Å². The van der Waals surface area contributed by atoms with Crippen molar-refractivity contribution in [3.63, 3.8) is 0 Å². The molecule has 0 spiro atoms. The molecule has 0 unspecified atom stereocenters. The molecule has 122 valence electrons. The smallest absolute Gasteiger partial charge is 0.270 e. The van der Waals surface area contributed by atoms with Crippen LogP contribution in [-0.4, -0.2) is 45.3 Å². The van der Waals surface area contributed by atoms with Crippen LogP contribution in [0.25, 0.3) is 10.8 Å². The predicted molar refractivity (Wildman–Crippen MR) is 81.2 cm³/mol. The minimum atomic E-state index is -1.55. The normalized spacial score (nSPS) is 14.8. The fourth-order valence-corrected chi connectivity index (χ4v) is 2.80. The van der Waals surface area contributed by atoms with Crippen molar-refractivity contribution in [2.24, 2.45) is 5.73 Å². The minimum absolute atomic E-state index is 0.0888. The van der Waals surface area contributed by atoms with Crippen LogP contribution in [0.1, 0.15) is 20.7 Å². The average Bonchev–Trinajstić information content (AvgIpc) is 2.55. The standard InChI is InChI=1S/C15H11N3O6/c16-13(20)11(6-19)17-14(21)9-3-1-2-7-4-8(18(23)24)5-10(12(7)9)15(17)22/h1-5,11,19H,6H2,(H2,16,20)/t11-/m0/s1. The van der Waals surface area contributed by atoms with Gasteiger partial charge in [0, 0.05) is 23.1 Å². The van der Waals surface area contributed by atoms with Gasteiger partial charge in [-0.15, -0.1) is 0 Å². The summed E-state index contributed by atoms with van der Waals surface area (Å²) in [6, 6.07) is 5.25. The molecule has 1 aliphatic rings. The molecule has 2 aromatic rings. The Bertz CT molecular complexity index is 923. The lowest BCUT2D eigenvalue weighted by atomic mass is 9.92. The third kappa shape index (κ3) is 2.10. The summed E-state index contributed by atoms with van der Waals surface area (Å²) >= 11 is 0. The number of hydrogen-bond donors (Lipinski definition) is 2. The Morgan fingerprint density at radius 2 is 1.92 bits per heavy atom. The number of imide groups is 1. The van der Waals surface area contributed by atoms with Crippen molar-refractivity contribution in [2.45, 2.75) is 6.04 Å². The Hall–Kier alpha value is -3.33. The molecule has 3 N–H and O–H groups in total. The number of nitro benzene ring substituents is 1. The largest absolute Gasteiger partial charge is 0.394 e. The highest BCUT2D eigenvalue weighted by atomic mass is 16.6. The number of nitrogens with two attached hydrogens (primary N) is 1. The van der Waals surface area contributed by atoms with Crippen LogP contribution in [0.2, 0.25) is 0 Å². The van der Waals surface area contributed by atoms with Crippen LogP contribution in [-0.2, 0) is 4.79 Å².